The molecule has 9 heteroatoms. The molecule has 4 N–H and O–H groups in total. The average Bonchev–Trinajstić information content (AvgIpc) is 3.45. The van der Waals surface area contributed by atoms with Gasteiger partial charge in [-0.3, -0.25) is 14.4 Å². The second-order valence-corrected chi connectivity index (χ2v) is 11.0. The zero-order valence-electron chi connectivity index (χ0n) is 21.0. The topological polar surface area (TPSA) is 129 Å². The highest BCUT2D eigenvalue weighted by Crippen LogP contribution is 2.54. The van der Waals surface area contributed by atoms with E-state index in [0.717, 1.165) is 40.8 Å². The van der Waals surface area contributed by atoms with E-state index < -0.39 is 5.41 Å². The second kappa shape index (κ2) is 8.37. The molecule has 1 spiro atoms. The number of pyridine rings is 1. The third-order valence-electron chi connectivity index (χ3n) is 8.34. The molecule has 3 aromatic rings. The lowest BCUT2D eigenvalue weighted by Gasteiger charge is -2.20. The van der Waals surface area contributed by atoms with Crippen LogP contribution >= 0.6 is 0 Å². The number of amides is 3. The number of hydrogen-bond donors (Lipinski definition) is 4. The molecule has 3 aliphatic carbocycles. The standard InChI is InChI=1S/C29H28N6O3/c1-15-9-18(11-22-24(15)34-25(33-22)16-4-5-16)27(37)31-14-23(36)32-20-7-6-17-12-29(13-19(17)10-20)21-3-2-8-30-26(21)35-28(29)38/h2-3,6-11,16-17,19H,4-5,12-14H2,1H3,(H,31,37)(H,32,36)(H,33,34)(H,30,35,38). The monoisotopic (exact) mass is 508 g/mol. The first-order valence-electron chi connectivity index (χ1n) is 13.1. The van der Waals surface area contributed by atoms with Gasteiger partial charge in [0.15, 0.2) is 0 Å². The van der Waals surface area contributed by atoms with Gasteiger partial charge in [0.2, 0.25) is 11.8 Å². The van der Waals surface area contributed by atoms with Gasteiger partial charge in [0.1, 0.15) is 11.6 Å². The number of hydrogen-bond acceptors (Lipinski definition) is 5. The predicted molar refractivity (Wildman–Crippen MR) is 141 cm³/mol. The molecule has 9 nitrogen and oxygen atoms in total. The van der Waals surface area contributed by atoms with Crippen molar-refractivity contribution in [1.29, 1.82) is 0 Å². The van der Waals surface area contributed by atoms with Gasteiger partial charge >= 0.3 is 0 Å². The fourth-order valence-corrected chi connectivity index (χ4v) is 6.29. The zero-order valence-corrected chi connectivity index (χ0v) is 21.0. The summed E-state index contributed by atoms with van der Waals surface area (Å²) in [6.45, 7) is 1.80. The van der Waals surface area contributed by atoms with Crippen molar-refractivity contribution in [1.82, 2.24) is 25.6 Å². The summed E-state index contributed by atoms with van der Waals surface area (Å²) in [6.07, 6.45) is 11.4. The van der Waals surface area contributed by atoms with Gasteiger partial charge in [-0.2, -0.15) is 0 Å². The Balaban J connectivity index is 0.995. The van der Waals surface area contributed by atoms with E-state index in [1.165, 1.54) is 0 Å². The molecule has 7 rings (SSSR count). The molecule has 0 saturated heterocycles. The van der Waals surface area contributed by atoms with Crippen LogP contribution in [0.2, 0.25) is 0 Å². The number of carbonyl (C=O) groups is 3. The maximum atomic E-state index is 12.9. The van der Waals surface area contributed by atoms with Gasteiger partial charge in [0.05, 0.1) is 23.0 Å². The number of aryl methyl sites for hydroxylation is 1. The van der Waals surface area contributed by atoms with Crippen molar-refractivity contribution < 1.29 is 14.4 Å². The summed E-state index contributed by atoms with van der Waals surface area (Å²) in [5.74, 6) is 1.88. The summed E-state index contributed by atoms with van der Waals surface area (Å²) in [7, 11) is 0. The highest BCUT2D eigenvalue weighted by Gasteiger charge is 2.55. The summed E-state index contributed by atoms with van der Waals surface area (Å²) in [5, 5.41) is 8.57. The first kappa shape index (κ1) is 22.9. The van der Waals surface area contributed by atoms with Gasteiger partial charge in [0, 0.05) is 28.9 Å². The predicted octanol–water partition coefficient (Wildman–Crippen LogP) is 3.36. The fourth-order valence-electron chi connectivity index (χ4n) is 6.29. The van der Waals surface area contributed by atoms with Gasteiger partial charge in [-0.05, 0) is 74.3 Å². The minimum Gasteiger partial charge on any atom is -0.343 e. The number of benzene rings is 1. The average molecular weight is 509 g/mol. The molecular formula is C29H28N6O3. The Labute approximate surface area is 219 Å². The molecule has 2 saturated carbocycles. The third kappa shape index (κ3) is 3.72. The third-order valence-corrected chi connectivity index (χ3v) is 8.34. The number of nitrogens with zero attached hydrogens (tertiary/aromatic N) is 2. The van der Waals surface area contributed by atoms with E-state index >= 15 is 0 Å². The number of rotatable bonds is 5. The zero-order chi connectivity index (χ0) is 26.0. The SMILES string of the molecule is Cc1cc(C(=O)NCC(=O)NC2=CC3CC4(CC3C=C2)C(=O)Nc2ncccc24)cc2[nH]c(C3CC3)nc12. The normalized spacial score (nSPS) is 25.2. The maximum absolute atomic E-state index is 12.9. The highest BCUT2D eigenvalue weighted by molar-refractivity contribution is 6.05. The maximum Gasteiger partial charge on any atom is 0.251 e. The highest BCUT2D eigenvalue weighted by atomic mass is 16.2. The quantitative estimate of drug-likeness (QED) is 0.420. The van der Waals surface area contributed by atoms with Crippen molar-refractivity contribution in [3.05, 3.63) is 76.9 Å². The first-order chi connectivity index (χ1) is 18.4. The Hall–Kier alpha value is -4.27. The van der Waals surface area contributed by atoms with Crippen LogP contribution in [-0.2, 0) is 15.0 Å². The molecule has 38 heavy (non-hydrogen) atoms. The van der Waals surface area contributed by atoms with Gasteiger partial charge in [-0.1, -0.05) is 18.2 Å². The molecule has 0 bridgehead atoms. The number of nitrogens with one attached hydrogen (secondary N) is 4. The number of carbonyl (C=O) groups excluding carboxylic acids is 3. The number of imidazole rings is 1. The van der Waals surface area contributed by atoms with Gasteiger partial charge in [0.25, 0.3) is 5.91 Å². The molecule has 2 fully saturated rings. The Morgan fingerprint density at radius 1 is 1.18 bits per heavy atom. The molecule has 1 aromatic carbocycles. The lowest BCUT2D eigenvalue weighted by molar-refractivity contribution is -0.121. The second-order valence-electron chi connectivity index (χ2n) is 11.0. The summed E-state index contributed by atoms with van der Waals surface area (Å²) in [4.78, 5) is 50.8. The molecule has 1 aliphatic heterocycles. The molecule has 3 unspecified atom stereocenters. The van der Waals surface area contributed by atoms with Gasteiger partial charge in [-0.25, -0.2) is 9.97 Å². The molecule has 0 radical (unpaired) electrons. The van der Waals surface area contributed by atoms with E-state index in [0.29, 0.717) is 35.8 Å². The smallest absolute Gasteiger partial charge is 0.251 e. The molecule has 192 valence electrons. The molecule has 3 atom stereocenters. The first-order valence-corrected chi connectivity index (χ1v) is 13.1. The fraction of sp³-hybridized carbons (Fsp3) is 0.345. The Morgan fingerprint density at radius 3 is 2.87 bits per heavy atom. The number of anilines is 1. The van der Waals surface area contributed by atoms with Gasteiger partial charge < -0.3 is 20.9 Å². The summed E-state index contributed by atoms with van der Waals surface area (Å²) in [6, 6.07) is 7.45. The van der Waals surface area contributed by atoms with Gasteiger partial charge in [-0.15, -0.1) is 0 Å². The Morgan fingerprint density at radius 2 is 2.03 bits per heavy atom. The van der Waals surface area contributed by atoms with Crippen molar-refractivity contribution >= 4 is 34.6 Å². The van der Waals surface area contributed by atoms with Crippen LogP contribution in [0.25, 0.3) is 11.0 Å². The molecule has 2 aromatic heterocycles. The van der Waals surface area contributed by atoms with Crippen LogP contribution in [0.3, 0.4) is 0 Å². The number of H-pyrrole nitrogens is 1. The van der Waals surface area contributed by atoms with Crippen molar-refractivity contribution in [3.8, 4) is 0 Å². The van der Waals surface area contributed by atoms with Crippen molar-refractivity contribution in [2.24, 2.45) is 11.8 Å². The van der Waals surface area contributed by atoms with E-state index in [-0.39, 0.29) is 36.1 Å². The number of aromatic nitrogens is 3. The summed E-state index contributed by atoms with van der Waals surface area (Å²) < 4.78 is 0. The Bertz CT molecular complexity index is 1580. The molecule has 4 aliphatic rings. The van der Waals surface area contributed by atoms with E-state index in [4.69, 9.17) is 0 Å². The van der Waals surface area contributed by atoms with Crippen molar-refractivity contribution in [3.63, 3.8) is 0 Å². The lowest BCUT2D eigenvalue weighted by atomic mass is 9.79. The Kier molecular flexibility index (Phi) is 5.04. The van der Waals surface area contributed by atoms with Crippen LogP contribution < -0.4 is 16.0 Å². The largest absolute Gasteiger partial charge is 0.343 e. The number of allylic oxidation sites excluding steroid dienone is 3. The molecular weight excluding hydrogens is 480 g/mol. The van der Waals surface area contributed by atoms with Crippen molar-refractivity contribution in [2.75, 3.05) is 11.9 Å². The number of fused-ring (bicyclic) bond motifs is 4. The molecule has 3 heterocycles. The van der Waals surface area contributed by atoms with Crippen LogP contribution in [0, 0.1) is 18.8 Å². The number of aromatic amines is 1. The van der Waals surface area contributed by atoms with E-state index in [2.05, 4.69) is 37.0 Å². The van der Waals surface area contributed by atoms with Crippen LogP contribution in [0.5, 0.6) is 0 Å². The van der Waals surface area contributed by atoms with Crippen LogP contribution in [-0.4, -0.2) is 39.2 Å². The van der Waals surface area contributed by atoms with Crippen molar-refractivity contribution in [2.45, 2.75) is 43.9 Å². The van der Waals surface area contributed by atoms with Crippen LogP contribution in [0.15, 0.2) is 54.4 Å². The summed E-state index contributed by atoms with van der Waals surface area (Å²) >= 11 is 0. The van der Waals surface area contributed by atoms with Crippen LogP contribution in [0.1, 0.15) is 58.9 Å². The lowest BCUT2D eigenvalue weighted by Crippen LogP contribution is -2.36. The van der Waals surface area contributed by atoms with E-state index in [9.17, 15) is 14.4 Å². The minimum absolute atomic E-state index is 0.00279. The molecule has 3 amide bonds. The van der Waals surface area contributed by atoms with Crippen LogP contribution in [0.4, 0.5) is 5.82 Å². The summed E-state index contributed by atoms with van der Waals surface area (Å²) in [5.41, 5.74) is 4.22. The van der Waals surface area contributed by atoms with E-state index in [1.807, 2.05) is 37.3 Å². The minimum atomic E-state index is -0.583. The van der Waals surface area contributed by atoms with E-state index in [1.54, 1.807) is 12.3 Å².